The molecule has 0 saturated carbocycles. The molecule has 0 spiro atoms. The molecular weight excluding hydrogens is 588 g/mol. The highest BCUT2D eigenvalue weighted by atomic mass is 15.4. The molecular formula is C35H62N12+6. The van der Waals surface area contributed by atoms with Crippen molar-refractivity contribution < 1.29 is 27.6 Å². The monoisotopic (exact) mass is 651 g/mol. The van der Waals surface area contributed by atoms with Crippen molar-refractivity contribution in [3.8, 4) is 0 Å². The highest BCUT2D eigenvalue weighted by Crippen LogP contribution is 1.72. The molecule has 12 nitrogen and oxygen atoms in total. The first kappa shape index (κ1) is 51.1. The van der Waals surface area contributed by atoms with Gasteiger partial charge in [-0.05, 0) is 11.2 Å². The third-order valence-electron chi connectivity index (χ3n) is 4.50. The van der Waals surface area contributed by atoms with Crippen LogP contribution in [0.4, 0.5) is 0 Å². The molecule has 0 radical (unpaired) electrons. The van der Waals surface area contributed by atoms with Crippen LogP contribution >= 0.6 is 0 Å². The van der Waals surface area contributed by atoms with Gasteiger partial charge in [-0.15, -0.1) is 4.68 Å². The smallest absolute Gasteiger partial charge is 0.243 e. The highest BCUT2D eigenvalue weighted by molar-refractivity contribution is 4.83. The lowest BCUT2D eigenvalue weighted by Crippen LogP contribution is -2.32. The minimum absolute atomic E-state index is 0. The number of pyridine rings is 2. The van der Waals surface area contributed by atoms with E-state index in [0.29, 0.717) is 0 Å². The Kier molecular flexibility index (Phi) is 38.0. The van der Waals surface area contributed by atoms with Gasteiger partial charge in [-0.1, -0.05) is 68.9 Å². The van der Waals surface area contributed by atoms with Gasteiger partial charge in [-0.25, -0.2) is 18.3 Å². The molecule has 0 saturated heterocycles. The summed E-state index contributed by atoms with van der Waals surface area (Å²) in [6.07, 6.45) is 25.4. The molecule has 47 heavy (non-hydrogen) atoms. The van der Waals surface area contributed by atoms with Gasteiger partial charge in [0.05, 0.1) is 31.6 Å². The average molecular weight is 651 g/mol. The second kappa shape index (κ2) is 35.0. The van der Waals surface area contributed by atoms with Crippen LogP contribution in [0.5, 0.6) is 0 Å². The highest BCUT2D eigenvalue weighted by Gasteiger charge is 1.83. The summed E-state index contributed by atoms with van der Waals surface area (Å²) in [5, 5.41) is 11.1. The zero-order valence-corrected chi connectivity index (χ0v) is 25.2. The van der Waals surface area contributed by atoms with Crippen LogP contribution in [0.15, 0.2) is 148 Å². The van der Waals surface area contributed by atoms with Gasteiger partial charge in [0, 0.05) is 42.5 Å². The van der Waals surface area contributed by atoms with E-state index in [1.54, 1.807) is 51.5 Å². The summed E-state index contributed by atoms with van der Waals surface area (Å²) in [4.78, 5) is 11.3. The molecule has 6 heterocycles. The minimum Gasteiger partial charge on any atom is -0.243 e. The molecule has 0 aromatic carbocycles. The molecule has 256 valence electrons. The molecule has 0 bridgehead atoms. The maximum atomic E-state index is 3.90. The molecule has 0 amide bonds. The van der Waals surface area contributed by atoms with Gasteiger partial charge in [0.2, 0.25) is 12.7 Å². The third kappa shape index (κ3) is 33.2. The predicted molar refractivity (Wildman–Crippen MR) is 186 cm³/mol. The lowest BCUT2D eigenvalue weighted by molar-refractivity contribution is -0.736. The molecule has 6 aromatic heterocycles. The van der Waals surface area contributed by atoms with Crippen LogP contribution in [0.2, 0.25) is 0 Å². The van der Waals surface area contributed by atoms with E-state index in [1.165, 1.54) is 6.33 Å². The van der Waals surface area contributed by atoms with Gasteiger partial charge in [0.15, 0.2) is 44.2 Å². The molecule has 12 heteroatoms. The molecule has 0 unspecified atom stereocenters. The van der Waals surface area contributed by atoms with E-state index in [9.17, 15) is 0 Å². The van der Waals surface area contributed by atoms with Crippen LogP contribution in [0.25, 0.3) is 0 Å². The first-order valence-corrected chi connectivity index (χ1v) is 12.9. The van der Waals surface area contributed by atoms with E-state index < -0.39 is 0 Å². The van der Waals surface area contributed by atoms with Crippen LogP contribution in [0, 0.1) is 0 Å². The predicted octanol–water partition coefficient (Wildman–Crippen LogP) is 2.62. The number of aryl methyl sites for hydroxylation is 6. The number of rotatable bonds is 0. The van der Waals surface area contributed by atoms with Crippen LogP contribution in [0.1, 0.15) is 37.1 Å². The quantitative estimate of drug-likeness (QED) is 0.235. The molecule has 0 N–H and O–H groups in total. The Morgan fingerprint density at radius 1 is 0.362 bits per heavy atom. The van der Waals surface area contributed by atoms with Gasteiger partial charge >= 0.3 is 0 Å². The SMILES string of the molecule is C.C.C.C.C.C[n+]1ccccc1.C[n+]1ccccc1.C[n+]1ccccn1.C[n+]1cccnc1.C[n+]1cccnn1.C[n+]1cncnc1. The van der Waals surface area contributed by atoms with Crippen molar-refractivity contribution in [2.45, 2.75) is 37.1 Å². The first-order chi connectivity index (χ1) is 20.4. The van der Waals surface area contributed by atoms with Crippen LogP contribution in [0.3, 0.4) is 0 Å². The second-order valence-electron chi connectivity index (χ2n) is 8.45. The molecule has 0 aliphatic carbocycles. The maximum absolute atomic E-state index is 3.90. The van der Waals surface area contributed by atoms with Gasteiger partial charge in [-0.2, -0.15) is 0 Å². The summed E-state index contributed by atoms with van der Waals surface area (Å²) in [7, 11) is 11.5. The Morgan fingerprint density at radius 3 is 1.02 bits per heavy atom. The summed E-state index contributed by atoms with van der Waals surface area (Å²) in [6, 6.07) is 19.5. The van der Waals surface area contributed by atoms with E-state index in [2.05, 4.69) is 30.4 Å². The number of nitrogens with zero attached hydrogens (tertiary/aromatic N) is 12. The normalized spacial score (nSPS) is 7.79. The van der Waals surface area contributed by atoms with E-state index in [0.717, 1.165) is 0 Å². The standard InChI is InChI=1S/2C6H8N.2C5H7N2.2C4H6N3.5CH4/c2*1-7-5-3-2-4-6-7;1-7-4-2-3-6-5-7;1-7-5-3-2-4-6-7;1-7-3-5-2-6-4-7;1-7-4-2-3-5-6-7;;;;;/h2*2-6H,1H3;2*2-5H,1H3;2*2-4H,1H3;5*1H4/q6*+1;;;;;. The average Bonchev–Trinajstić information content (AvgIpc) is 3.01. The summed E-state index contributed by atoms with van der Waals surface area (Å²) >= 11 is 0. The van der Waals surface area contributed by atoms with Crippen LogP contribution in [-0.2, 0) is 42.3 Å². The van der Waals surface area contributed by atoms with Crippen LogP contribution in [-0.4, -0.2) is 30.4 Å². The zero-order valence-electron chi connectivity index (χ0n) is 25.2. The van der Waals surface area contributed by atoms with E-state index in [4.69, 9.17) is 0 Å². The summed E-state index contributed by atoms with van der Waals surface area (Å²) < 4.78 is 11.1. The van der Waals surface area contributed by atoms with Crippen molar-refractivity contribution >= 4 is 0 Å². The fraction of sp³-hybridized carbons (Fsp3) is 0.314. The summed E-state index contributed by atoms with van der Waals surface area (Å²) in [5.41, 5.74) is 0. The summed E-state index contributed by atoms with van der Waals surface area (Å²) in [6.45, 7) is 0. The lowest BCUT2D eigenvalue weighted by atomic mass is 10.5. The van der Waals surface area contributed by atoms with Crippen molar-refractivity contribution in [2.75, 3.05) is 0 Å². The topological polar surface area (TPSA) is 101 Å². The van der Waals surface area contributed by atoms with Crippen molar-refractivity contribution in [3.05, 3.63) is 148 Å². The number of hydrogen-bond donors (Lipinski definition) is 0. The first-order valence-electron chi connectivity index (χ1n) is 12.9. The Bertz CT molecular complexity index is 1110. The Labute approximate surface area is 285 Å². The Balaban J connectivity index is -0.000000147. The fourth-order valence-electron chi connectivity index (χ4n) is 2.46. The van der Waals surface area contributed by atoms with Crippen molar-refractivity contribution in [1.82, 2.24) is 30.4 Å². The van der Waals surface area contributed by atoms with Crippen molar-refractivity contribution in [2.24, 2.45) is 42.3 Å². The molecule has 6 aromatic rings. The molecule has 0 fully saturated rings. The van der Waals surface area contributed by atoms with E-state index in [-0.39, 0.29) is 37.1 Å². The molecule has 0 aliphatic heterocycles. The maximum Gasteiger partial charge on any atom is 0.285 e. The Morgan fingerprint density at radius 2 is 0.809 bits per heavy atom. The number of aromatic nitrogens is 12. The van der Waals surface area contributed by atoms with E-state index in [1.807, 2.05) is 160 Å². The van der Waals surface area contributed by atoms with Gasteiger partial charge in [-0.3, -0.25) is 0 Å². The second-order valence-corrected chi connectivity index (χ2v) is 8.45. The van der Waals surface area contributed by atoms with Crippen molar-refractivity contribution in [3.63, 3.8) is 0 Å². The van der Waals surface area contributed by atoms with Gasteiger partial charge < -0.3 is 0 Å². The van der Waals surface area contributed by atoms with Crippen molar-refractivity contribution in [1.29, 1.82) is 0 Å². The summed E-state index contributed by atoms with van der Waals surface area (Å²) in [5.74, 6) is 0. The largest absolute Gasteiger partial charge is 0.285 e. The lowest BCUT2D eigenvalue weighted by Gasteiger charge is -1.78. The third-order valence-corrected chi connectivity index (χ3v) is 4.50. The van der Waals surface area contributed by atoms with Crippen LogP contribution < -0.4 is 27.6 Å². The molecule has 0 atom stereocenters. The zero-order chi connectivity index (χ0) is 30.7. The Hall–Kier alpha value is -5.52. The molecule has 0 aliphatic rings. The van der Waals surface area contributed by atoms with Gasteiger partial charge in [0.25, 0.3) is 12.7 Å². The fourth-order valence-corrected chi connectivity index (χ4v) is 2.46. The van der Waals surface area contributed by atoms with E-state index >= 15 is 0 Å². The van der Waals surface area contributed by atoms with Gasteiger partial charge in [0.1, 0.15) is 38.8 Å². The number of hydrogen-bond acceptors (Lipinski definition) is 6. The minimum atomic E-state index is 0. The molecule has 6 rings (SSSR count).